The van der Waals surface area contributed by atoms with Gasteiger partial charge >= 0.3 is 0 Å². The second-order valence-electron chi connectivity index (χ2n) is 6.15. The van der Waals surface area contributed by atoms with Gasteiger partial charge < -0.3 is 9.80 Å². The monoisotopic (exact) mass is 333 g/mol. The minimum atomic E-state index is 0.0612. The summed E-state index contributed by atoms with van der Waals surface area (Å²) in [6, 6.07) is 11.5. The van der Waals surface area contributed by atoms with Crippen LogP contribution in [0.1, 0.15) is 16.2 Å². The average molecular weight is 333 g/mol. The Morgan fingerprint density at radius 1 is 1.00 bits per heavy atom. The zero-order valence-electron chi connectivity index (χ0n) is 14.1. The van der Waals surface area contributed by atoms with Crippen molar-refractivity contribution in [2.45, 2.75) is 6.92 Å². The Morgan fingerprint density at radius 3 is 2.64 bits per heavy atom. The molecule has 1 saturated heterocycles. The smallest absolute Gasteiger partial charge is 0.254 e. The van der Waals surface area contributed by atoms with Gasteiger partial charge in [-0.3, -0.25) is 9.78 Å². The van der Waals surface area contributed by atoms with E-state index in [1.165, 1.54) is 0 Å². The molecule has 0 atom stereocenters. The maximum Gasteiger partial charge on any atom is 0.254 e. The van der Waals surface area contributed by atoms with Crippen LogP contribution in [0.4, 0.5) is 5.82 Å². The normalized spacial score (nSPS) is 14.8. The molecule has 1 amide bonds. The Balaban J connectivity index is 1.47. The van der Waals surface area contributed by atoms with Crippen molar-refractivity contribution in [2.24, 2.45) is 0 Å². The van der Waals surface area contributed by atoms with Crippen molar-refractivity contribution in [3.63, 3.8) is 0 Å². The molecule has 1 aliphatic heterocycles. The van der Waals surface area contributed by atoms with Crippen molar-refractivity contribution in [3.8, 4) is 0 Å². The largest absolute Gasteiger partial charge is 0.353 e. The lowest BCUT2D eigenvalue weighted by Gasteiger charge is -2.35. The predicted octanol–water partition coefficient (Wildman–Crippen LogP) is 2.30. The molecule has 1 aliphatic rings. The molecule has 1 fully saturated rings. The van der Waals surface area contributed by atoms with Crippen molar-refractivity contribution in [1.29, 1.82) is 0 Å². The first-order valence-electron chi connectivity index (χ1n) is 8.39. The number of anilines is 1. The molecule has 0 radical (unpaired) electrons. The van der Waals surface area contributed by atoms with Crippen LogP contribution in [-0.2, 0) is 0 Å². The van der Waals surface area contributed by atoms with E-state index in [9.17, 15) is 4.79 Å². The summed E-state index contributed by atoms with van der Waals surface area (Å²) in [7, 11) is 0. The van der Waals surface area contributed by atoms with Crippen LogP contribution in [0.2, 0.25) is 0 Å². The van der Waals surface area contributed by atoms with E-state index >= 15 is 0 Å². The molecule has 0 bridgehead atoms. The Hall–Kier alpha value is -3.02. The Kier molecular flexibility index (Phi) is 4.01. The van der Waals surface area contributed by atoms with E-state index in [4.69, 9.17) is 0 Å². The summed E-state index contributed by atoms with van der Waals surface area (Å²) in [5.41, 5.74) is 1.54. The lowest BCUT2D eigenvalue weighted by molar-refractivity contribution is 0.0746. The maximum absolute atomic E-state index is 12.8. The maximum atomic E-state index is 12.8. The summed E-state index contributed by atoms with van der Waals surface area (Å²) < 4.78 is 0. The molecule has 2 aromatic heterocycles. The third kappa shape index (κ3) is 3.15. The minimum Gasteiger partial charge on any atom is -0.353 e. The number of benzene rings is 1. The number of carbonyl (C=O) groups is 1. The van der Waals surface area contributed by atoms with Gasteiger partial charge in [0.15, 0.2) is 0 Å². The molecule has 0 unspecified atom stereocenters. The highest BCUT2D eigenvalue weighted by Crippen LogP contribution is 2.17. The number of hydrogen-bond acceptors (Lipinski definition) is 5. The van der Waals surface area contributed by atoms with Crippen LogP contribution in [0.5, 0.6) is 0 Å². The van der Waals surface area contributed by atoms with Crippen molar-refractivity contribution in [1.82, 2.24) is 19.9 Å². The number of rotatable bonds is 2. The summed E-state index contributed by atoms with van der Waals surface area (Å²) >= 11 is 0. The van der Waals surface area contributed by atoms with Gasteiger partial charge in [-0.1, -0.05) is 12.1 Å². The first-order valence-corrected chi connectivity index (χ1v) is 8.39. The van der Waals surface area contributed by atoms with Crippen molar-refractivity contribution < 1.29 is 4.79 Å². The minimum absolute atomic E-state index is 0.0612. The SMILES string of the molecule is Cc1nccc(N2CCN(C(=O)c3ccc4cccnc4c3)CC2)n1. The van der Waals surface area contributed by atoms with Crippen LogP contribution in [0.25, 0.3) is 10.9 Å². The van der Waals surface area contributed by atoms with Crippen LogP contribution in [0.15, 0.2) is 48.8 Å². The third-order valence-electron chi connectivity index (χ3n) is 4.51. The fraction of sp³-hybridized carbons (Fsp3) is 0.263. The van der Waals surface area contributed by atoms with Crippen LogP contribution < -0.4 is 4.90 Å². The molecule has 0 N–H and O–H groups in total. The van der Waals surface area contributed by atoms with Gasteiger partial charge in [-0.2, -0.15) is 0 Å². The van der Waals surface area contributed by atoms with E-state index < -0.39 is 0 Å². The van der Waals surface area contributed by atoms with Crippen molar-refractivity contribution in [3.05, 3.63) is 60.2 Å². The van der Waals surface area contributed by atoms with E-state index in [2.05, 4.69) is 19.9 Å². The fourth-order valence-corrected chi connectivity index (χ4v) is 3.14. The summed E-state index contributed by atoms with van der Waals surface area (Å²) in [5.74, 6) is 1.75. The molecule has 25 heavy (non-hydrogen) atoms. The number of carbonyl (C=O) groups excluding carboxylic acids is 1. The number of piperazine rings is 1. The molecule has 3 heterocycles. The fourth-order valence-electron chi connectivity index (χ4n) is 3.14. The first kappa shape index (κ1) is 15.5. The lowest BCUT2D eigenvalue weighted by Crippen LogP contribution is -2.49. The molecule has 0 spiro atoms. The van der Waals surface area contributed by atoms with Gasteiger partial charge in [-0.15, -0.1) is 0 Å². The molecule has 6 heteroatoms. The number of pyridine rings is 1. The van der Waals surface area contributed by atoms with Crippen LogP contribution in [0.3, 0.4) is 0 Å². The first-order chi connectivity index (χ1) is 12.2. The van der Waals surface area contributed by atoms with Gasteiger partial charge in [0.1, 0.15) is 11.6 Å². The van der Waals surface area contributed by atoms with Gasteiger partial charge in [-0.05, 0) is 31.2 Å². The molecule has 3 aromatic rings. The Labute approximate surface area is 146 Å². The summed E-state index contributed by atoms with van der Waals surface area (Å²) in [5, 5.41) is 1.04. The molecule has 1 aromatic carbocycles. The third-order valence-corrected chi connectivity index (χ3v) is 4.51. The number of nitrogens with zero attached hydrogens (tertiary/aromatic N) is 5. The van der Waals surface area contributed by atoms with E-state index in [0.29, 0.717) is 18.7 Å². The van der Waals surface area contributed by atoms with E-state index in [0.717, 1.165) is 35.6 Å². The number of aryl methyl sites for hydroxylation is 1. The zero-order chi connectivity index (χ0) is 17.2. The van der Waals surface area contributed by atoms with Crippen molar-refractivity contribution >= 4 is 22.6 Å². The van der Waals surface area contributed by atoms with Gasteiger partial charge in [0.25, 0.3) is 5.91 Å². The highest BCUT2D eigenvalue weighted by atomic mass is 16.2. The second-order valence-corrected chi connectivity index (χ2v) is 6.15. The molecule has 0 aliphatic carbocycles. The standard InChI is InChI=1S/C19H19N5O/c1-14-20-8-6-18(22-14)23-9-11-24(12-10-23)19(25)16-5-4-15-3-2-7-21-17(15)13-16/h2-8,13H,9-12H2,1H3. The predicted molar refractivity (Wildman–Crippen MR) is 96.6 cm³/mol. The topological polar surface area (TPSA) is 62.2 Å². The van der Waals surface area contributed by atoms with Gasteiger partial charge in [-0.25, -0.2) is 9.97 Å². The molecular formula is C19H19N5O. The zero-order valence-corrected chi connectivity index (χ0v) is 14.1. The summed E-state index contributed by atoms with van der Waals surface area (Å²) in [4.78, 5) is 29.8. The Bertz CT molecular complexity index is 918. The molecule has 4 rings (SSSR count). The van der Waals surface area contributed by atoms with Crippen LogP contribution >= 0.6 is 0 Å². The number of hydrogen-bond donors (Lipinski definition) is 0. The van der Waals surface area contributed by atoms with Crippen LogP contribution in [0, 0.1) is 6.92 Å². The van der Waals surface area contributed by atoms with E-state index in [1.54, 1.807) is 12.4 Å². The highest BCUT2D eigenvalue weighted by molar-refractivity contribution is 5.97. The average Bonchev–Trinajstić information content (AvgIpc) is 2.67. The second kappa shape index (κ2) is 6.47. The van der Waals surface area contributed by atoms with Gasteiger partial charge in [0.05, 0.1) is 5.52 Å². The number of fused-ring (bicyclic) bond motifs is 1. The summed E-state index contributed by atoms with van der Waals surface area (Å²) in [6.07, 6.45) is 3.52. The highest BCUT2D eigenvalue weighted by Gasteiger charge is 2.23. The lowest BCUT2D eigenvalue weighted by atomic mass is 10.1. The van der Waals surface area contributed by atoms with Gasteiger partial charge in [0.2, 0.25) is 0 Å². The van der Waals surface area contributed by atoms with Crippen LogP contribution in [-0.4, -0.2) is 51.9 Å². The summed E-state index contributed by atoms with van der Waals surface area (Å²) in [6.45, 7) is 4.80. The quantitative estimate of drug-likeness (QED) is 0.720. The van der Waals surface area contributed by atoms with E-state index in [-0.39, 0.29) is 5.91 Å². The molecule has 126 valence electrons. The molecular weight excluding hydrogens is 314 g/mol. The molecule has 6 nitrogen and oxygen atoms in total. The number of amides is 1. The number of aromatic nitrogens is 3. The van der Waals surface area contributed by atoms with Crippen molar-refractivity contribution in [2.75, 3.05) is 31.1 Å². The van der Waals surface area contributed by atoms with E-state index in [1.807, 2.05) is 48.2 Å². The van der Waals surface area contributed by atoms with Gasteiger partial charge in [0, 0.05) is 49.5 Å². The molecule has 0 saturated carbocycles. The Morgan fingerprint density at radius 2 is 1.84 bits per heavy atom.